The van der Waals surface area contributed by atoms with Gasteiger partial charge in [-0.2, -0.15) is 5.10 Å². The van der Waals surface area contributed by atoms with Crippen LogP contribution < -0.4 is 5.32 Å². The summed E-state index contributed by atoms with van der Waals surface area (Å²) < 4.78 is 1.94. The minimum Gasteiger partial charge on any atom is -0.367 e. The van der Waals surface area contributed by atoms with E-state index in [0.717, 1.165) is 23.4 Å². The Labute approximate surface area is 129 Å². The summed E-state index contributed by atoms with van der Waals surface area (Å²) in [5.74, 6) is 0.913. The van der Waals surface area contributed by atoms with Crippen molar-refractivity contribution in [2.45, 2.75) is 38.3 Å². The number of hydrogen-bond acceptors (Lipinski definition) is 4. The Morgan fingerprint density at radius 2 is 1.91 bits per heavy atom. The molecule has 1 N–H and O–H groups in total. The predicted molar refractivity (Wildman–Crippen MR) is 86.7 cm³/mol. The Balaban J connectivity index is 1.64. The molecule has 0 amide bonds. The van der Waals surface area contributed by atoms with Gasteiger partial charge < -0.3 is 5.32 Å². The van der Waals surface area contributed by atoms with Gasteiger partial charge in [-0.05, 0) is 18.4 Å². The first-order valence-electron chi connectivity index (χ1n) is 7.87. The van der Waals surface area contributed by atoms with Gasteiger partial charge in [0.05, 0.1) is 18.1 Å². The van der Waals surface area contributed by atoms with Crippen LogP contribution in [0.5, 0.6) is 0 Å². The SMILES string of the molecule is c1ccc(Cn2ncc3c(NC4CCCC4)ncnc32)cc1. The fourth-order valence-electron chi connectivity index (χ4n) is 3.14. The first-order valence-corrected chi connectivity index (χ1v) is 7.87. The van der Waals surface area contributed by atoms with Crippen LogP contribution in [-0.2, 0) is 6.54 Å². The molecule has 22 heavy (non-hydrogen) atoms. The normalized spacial score (nSPS) is 15.5. The van der Waals surface area contributed by atoms with Gasteiger partial charge in [0.1, 0.15) is 12.1 Å². The number of hydrogen-bond donors (Lipinski definition) is 1. The van der Waals surface area contributed by atoms with Gasteiger partial charge in [0.25, 0.3) is 0 Å². The first kappa shape index (κ1) is 13.2. The van der Waals surface area contributed by atoms with Crippen LogP contribution in [0.1, 0.15) is 31.2 Å². The zero-order chi connectivity index (χ0) is 14.8. The van der Waals surface area contributed by atoms with Crippen molar-refractivity contribution in [2.75, 3.05) is 5.32 Å². The molecule has 0 radical (unpaired) electrons. The lowest BCUT2D eigenvalue weighted by atomic mass is 10.2. The highest BCUT2D eigenvalue weighted by Gasteiger charge is 2.17. The summed E-state index contributed by atoms with van der Waals surface area (Å²) in [7, 11) is 0. The second-order valence-electron chi connectivity index (χ2n) is 5.87. The summed E-state index contributed by atoms with van der Waals surface area (Å²) in [6.45, 7) is 0.726. The van der Waals surface area contributed by atoms with Crippen molar-refractivity contribution < 1.29 is 0 Å². The minimum absolute atomic E-state index is 0.538. The van der Waals surface area contributed by atoms with Gasteiger partial charge >= 0.3 is 0 Å². The molecule has 0 bridgehead atoms. The van der Waals surface area contributed by atoms with Crippen LogP contribution in [0, 0.1) is 0 Å². The highest BCUT2D eigenvalue weighted by Crippen LogP contribution is 2.25. The topological polar surface area (TPSA) is 55.6 Å². The molecule has 1 aromatic carbocycles. The number of anilines is 1. The fourth-order valence-corrected chi connectivity index (χ4v) is 3.14. The van der Waals surface area contributed by atoms with Crippen LogP contribution in [0.3, 0.4) is 0 Å². The molecule has 2 heterocycles. The van der Waals surface area contributed by atoms with Crippen molar-refractivity contribution in [1.82, 2.24) is 19.7 Å². The highest BCUT2D eigenvalue weighted by molar-refractivity contribution is 5.86. The van der Waals surface area contributed by atoms with E-state index in [9.17, 15) is 0 Å². The molecule has 4 rings (SSSR count). The fraction of sp³-hybridized carbons (Fsp3) is 0.353. The van der Waals surface area contributed by atoms with E-state index in [1.807, 2.05) is 29.1 Å². The molecule has 0 saturated heterocycles. The Hall–Kier alpha value is -2.43. The van der Waals surface area contributed by atoms with E-state index in [1.165, 1.54) is 31.2 Å². The lowest BCUT2D eigenvalue weighted by molar-refractivity contribution is 0.703. The maximum absolute atomic E-state index is 4.50. The maximum Gasteiger partial charge on any atom is 0.163 e. The zero-order valence-corrected chi connectivity index (χ0v) is 12.4. The summed E-state index contributed by atoms with van der Waals surface area (Å²) in [5.41, 5.74) is 2.11. The number of aromatic nitrogens is 4. The minimum atomic E-state index is 0.538. The molecule has 0 spiro atoms. The van der Waals surface area contributed by atoms with Crippen molar-refractivity contribution in [3.63, 3.8) is 0 Å². The van der Waals surface area contributed by atoms with E-state index >= 15 is 0 Å². The summed E-state index contributed by atoms with van der Waals surface area (Å²) in [5, 5.41) is 9.06. The molecule has 0 atom stereocenters. The van der Waals surface area contributed by atoms with E-state index in [4.69, 9.17) is 0 Å². The van der Waals surface area contributed by atoms with Gasteiger partial charge in [-0.15, -0.1) is 0 Å². The average molecular weight is 293 g/mol. The first-order chi connectivity index (χ1) is 10.9. The lowest BCUT2D eigenvalue weighted by Crippen LogP contribution is -2.15. The van der Waals surface area contributed by atoms with Crippen LogP contribution >= 0.6 is 0 Å². The Morgan fingerprint density at radius 3 is 2.73 bits per heavy atom. The molecular formula is C17H19N5. The standard InChI is InChI=1S/C17H19N5/c1-2-6-13(7-3-1)11-22-17-15(10-20-22)16(18-12-19-17)21-14-8-4-5-9-14/h1-3,6-7,10,12,14H,4-5,8-9,11H2,(H,18,19,21). The van der Waals surface area contributed by atoms with Crippen LogP contribution in [0.2, 0.25) is 0 Å². The second kappa shape index (κ2) is 5.75. The molecule has 5 heteroatoms. The maximum atomic E-state index is 4.50. The Morgan fingerprint density at radius 1 is 1.09 bits per heavy atom. The van der Waals surface area contributed by atoms with E-state index in [2.05, 4.69) is 32.5 Å². The van der Waals surface area contributed by atoms with E-state index < -0.39 is 0 Å². The summed E-state index contributed by atoms with van der Waals surface area (Å²) in [6, 6.07) is 10.9. The molecular weight excluding hydrogens is 274 g/mol. The molecule has 1 aliphatic rings. The molecule has 1 aliphatic carbocycles. The lowest BCUT2D eigenvalue weighted by Gasteiger charge is -2.12. The van der Waals surface area contributed by atoms with Crippen LogP contribution in [-0.4, -0.2) is 25.8 Å². The number of rotatable bonds is 4. The van der Waals surface area contributed by atoms with Gasteiger partial charge in [0, 0.05) is 6.04 Å². The largest absolute Gasteiger partial charge is 0.367 e. The van der Waals surface area contributed by atoms with Gasteiger partial charge in [0.15, 0.2) is 5.65 Å². The number of nitrogens with zero attached hydrogens (tertiary/aromatic N) is 4. The molecule has 1 saturated carbocycles. The van der Waals surface area contributed by atoms with Crippen molar-refractivity contribution in [2.24, 2.45) is 0 Å². The van der Waals surface area contributed by atoms with E-state index in [0.29, 0.717) is 6.04 Å². The third-order valence-electron chi connectivity index (χ3n) is 4.30. The van der Waals surface area contributed by atoms with E-state index in [1.54, 1.807) is 6.33 Å². The third kappa shape index (κ3) is 2.54. The molecule has 0 unspecified atom stereocenters. The number of fused-ring (bicyclic) bond motifs is 1. The van der Waals surface area contributed by atoms with Crippen molar-refractivity contribution in [3.8, 4) is 0 Å². The summed E-state index contributed by atoms with van der Waals surface area (Å²) >= 11 is 0. The smallest absolute Gasteiger partial charge is 0.163 e. The number of benzene rings is 1. The highest BCUT2D eigenvalue weighted by atomic mass is 15.3. The molecule has 1 fully saturated rings. The van der Waals surface area contributed by atoms with Crippen molar-refractivity contribution >= 4 is 16.9 Å². The van der Waals surface area contributed by atoms with Gasteiger partial charge in [-0.1, -0.05) is 43.2 Å². The molecule has 3 aromatic rings. The second-order valence-corrected chi connectivity index (χ2v) is 5.87. The van der Waals surface area contributed by atoms with Gasteiger partial charge in [0.2, 0.25) is 0 Å². The van der Waals surface area contributed by atoms with Gasteiger partial charge in [-0.3, -0.25) is 0 Å². The van der Waals surface area contributed by atoms with Crippen molar-refractivity contribution in [3.05, 3.63) is 48.4 Å². The third-order valence-corrected chi connectivity index (χ3v) is 4.30. The van der Waals surface area contributed by atoms with Crippen LogP contribution in [0.15, 0.2) is 42.9 Å². The average Bonchev–Trinajstić information content (AvgIpc) is 3.19. The van der Waals surface area contributed by atoms with Crippen LogP contribution in [0.4, 0.5) is 5.82 Å². The van der Waals surface area contributed by atoms with Gasteiger partial charge in [-0.25, -0.2) is 14.6 Å². The predicted octanol–water partition coefficient (Wildman–Crippen LogP) is 3.23. The Kier molecular flexibility index (Phi) is 3.46. The Bertz CT molecular complexity index is 759. The monoisotopic (exact) mass is 293 g/mol. The van der Waals surface area contributed by atoms with Crippen molar-refractivity contribution in [1.29, 1.82) is 0 Å². The quantitative estimate of drug-likeness (QED) is 0.802. The summed E-state index contributed by atoms with van der Waals surface area (Å²) in [6.07, 6.45) is 8.56. The van der Waals surface area contributed by atoms with E-state index in [-0.39, 0.29) is 0 Å². The molecule has 5 nitrogen and oxygen atoms in total. The molecule has 2 aromatic heterocycles. The molecule has 0 aliphatic heterocycles. The molecule has 112 valence electrons. The zero-order valence-electron chi connectivity index (χ0n) is 12.4. The number of nitrogens with one attached hydrogen (secondary N) is 1. The van der Waals surface area contributed by atoms with Crippen LogP contribution in [0.25, 0.3) is 11.0 Å². The summed E-state index contributed by atoms with van der Waals surface area (Å²) in [4.78, 5) is 8.84.